The predicted molar refractivity (Wildman–Crippen MR) is 131 cm³/mol. The molecule has 3 aromatic carbocycles. The Bertz CT molecular complexity index is 1320. The van der Waals surface area contributed by atoms with E-state index in [2.05, 4.69) is 37.0 Å². The maximum atomic E-state index is 15.1. The Hall–Kier alpha value is -2.91. The second-order valence-corrected chi connectivity index (χ2v) is 8.81. The first kappa shape index (κ1) is 23.3. The summed E-state index contributed by atoms with van der Waals surface area (Å²) in [5.41, 5.74) is 0.666. The van der Waals surface area contributed by atoms with Crippen molar-refractivity contribution in [1.82, 2.24) is 9.78 Å². The summed E-state index contributed by atoms with van der Waals surface area (Å²) in [7, 11) is 0. The van der Waals surface area contributed by atoms with Gasteiger partial charge in [-0.2, -0.15) is 9.49 Å². The number of halogens is 3. The van der Waals surface area contributed by atoms with E-state index in [-0.39, 0.29) is 36.9 Å². The lowest BCUT2D eigenvalue weighted by Crippen LogP contribution is -2.12. The average molecular weight is 578 g/mol. The summed E-state index contributed by atoms with van der Waals surface area (Å²) in [4.78, 5) is 11.1. The normalized spacial score (nSPS) is 11.0. The van der Waals surface area contributed by atoms with E-state index in [4.69, 9.17) is 14.6 Å². The van der Waals surface area contributed by atoms with Crippen molar-refractivity contribution in [1.29, 1.82) is 0 Å². The molecule has 0 amide bonds. The minimum Gasteiger partial charge on any atom is -0.490 e. The predicted octanol–water partition coefficient (Wildman–Crippen LogP) is 6.54. The number of hydrogen-bond acceptors (Lipinski definition) is 4. The lowest BCUT2D eigenvalue weighted by Gasteiger charge is -2.12. The zero-order valence-electron chi connectivity index (χ0n) is 17.5. The van der Waals surface area contributed by atoms with Crippen molar-refractivity contribution in [3.05, 3.63) is 74.9 Å². The molecule has 9 heteroatoms. The van der Waals surface area contributed by atoms with Gasteiger partial charge in [-0.3, -0.25) is 0 Å². The van der Waals surface area contributed by atoms with Crippen LogP contribution in [-0.2, 0) is 6.54 Å². The van der Waals surface area contributed by atoms with Crippen molar-refractivity contribution in [2.24, 2.45) is 0 Å². The van der Waals surface area contributed by atoms with Gasteiger partial charge in [-0.05, 0) is 64.0 Å². The zero-order valence-corrected chi connectivity index (χ0v) is 20.7. The largest absolute Gasteiger partial charge is 0.490 e. The van der Waals surface area contributed by atoms with Crippen LogP contribution in [0.1, 0.15) is 17.3 Å². The highest BCUT2D eigenvalue weighted by Gasteiger charge is 2.21. The van der Waals surface area contributed by atoms with Gasteiger partial charge < -0.3 is 14.6 Å². The monoisotopic (exact) mass is 576 g/mol. The number of fused-ring (bicyclic) bond motifs is 1. The van der Waals surface area contributed by atoms with Gasteiger partial charge in [0.1, 0.15) is 18.1 Å². The molecule has 0 radical (unpaired) electrons. The summed E-state index contributed by atoms with van der Waals surface area (Å²) in [6.07, 6.45) is 0. The van der Waals surface area contributed by atoms with Gasteiger partial charge in [-0.1, -0.05) is 40.2 Å². The van der Waals surface area contributed by atoms with E-state index in [9.17, 15) is 4.79 Å². The highest BCUT2D eigenvalue weighted by Crippen LogP contribution is 2.35. The molecular formula is C24H19Br2FN2O4. The van der Waals surface area contributed by atoms with Crippen LogP contribution in [0, 0.1) is 5.82 Å². The highest BCUT2D eigenvalue weighted by molar-refractivity contribution is 9.11. The van der Waals surface area contributed by atoms with Crippen LogP contribution in [0.5, 0.6) is 11.6 Å². The Morgan fingerprint density at radius 3 is 2.55 bits per heavy atom. The van der Waals surface area contributed by atoms with E-state index in [1.54, 1.807) is 6.92 Å². The smallest absolute Gasteiger partial charge is 0.335 e. The summed E-state index contributed by atoms with van der Waals surface area (Å²) < 4.78 is 29.8. The number of carboxylic acids is 1. The number of carbonyl (C=O) groups is 1. The number of rotatable bonds is 8. The topological polar surface area (TPSA) is 73.6 Å². The second-order valence-electron chi connectivity index (χ2n) is 7.10. The van der Waals surface area contributed by atoms with Gasteiger partial charge in [-0.15, -0.1) is 0 Å². The number of hydrogen-bond donors (Lipinski definition) is 1. The molecule has 0 unspecified atom stereocenters. The number of ether oxygens (including phenoxy) is 2. The number of carboxylic acid groups (broad SMARTS) is 1. The van der Waals surface area contributed by atoms with Crippen LogP contribution in [0.4, 0.5) is 4.39 Å². The van der Waals surface area contributed by atoms with Gasteiger partial charge in [-0.25, -0.2) is 9.48 Å². The molecule has 6 nitrogen and oxygen atoms in total. The third kappa shape index (κ3) is 4.89. The van der Waals surface area contributed by atoms with Gasteiger partial charge in [0.2, 0.25) is 11.7 Å². The van der Waals surface area contributed by atoms with E-state index >= 15 is 4.39 Å². The molecule has 1 N–H and O–H groups in total. The van der Waals surface area contributed by atoms with Crippen molar-refractivity contribution in [2.45, 2.75) is 13.5 Å². The third-order valence-electron chi connectivity index (χ3n) is 4.98. The third-order valence-corrected chi connectivity index (χ3v) is 6.29. The molecule has 0 aliphatic carbocycles. The van der Waals surface area contributed by atoms with Crippen molar-refractivity contribution >= 4 is 48.6 Å². The summed E-state index contributed by atoms with van der Waals surface area (Å²) in [6, 6.07) is 15.7. The van der Waals surface area contributed by atoms with Gasteiger partial charge in [0.25, 0.3) is 0 Å². The Morgan fingerprint density at radius 1 is 1.09 bits per heavy atom. The van der Waals surface area contributed by atoms with Crippen LogP contribution >= 0.6 is 31.9 Å². The van der Waals surface area contributed by atoms with Gasteiger partial charge >= 0.3 is 5.97 Å². The molecule has 4 aromatic rings. The van der Waals surface area contributed by atoms with Crippen LogP contribution < -0.4 is 9.47 Å². The van der Waals surface area contributed by atoms with Gasteiger partial charge in [0, 0.05) is 10.0 Å². The second kappa shape index (κ2) is 9.93. The van der Waals surface area contributed by atoms with E-state index in [0.717, 1.165) is 19.7 Å². The number of aromatic carboxylic acids is 1. The van der Waals surface area contributed by atoms with E-state index in [1.165, 1.54) is 28.9 Å². The molecular weight excluding hydrogens is 559 g/mol. The van der Waals surface area contributed by atoms with E-state index < -0.39 is 11.8 Å². The maximum absolute atomic E-state index is 15.1. The first-order valence-electron chi connectivity index (χ1n) is 10.1. The molecule has 0 aliphatic rings. The minimum atomic E-state index is -1.05. The van der Waals surface area contributed by atoms with Crippen LogP contribution in [0.25, 0.3) is 22.0 Å². The molecule has 1 heterocycles. The fraction of sp³-hybridized carbons (Fsp3) is 0.167. The fourth-order valence-electron chi connectivity index (χ4n) is 3.40. The molecule has 4 rings (SSSR count). The summed E-state index contributed by atoms with van der Waals surface area (Å²) in [5, 5.41) is 15.5. The lowest BCUT2D eigenvalue weighted by molar-refractivity contribution is 0.0697. The van der Waals surface area contributed by atoms with Gasteiger partial charge in [0.05, 0.1) is 23.2 Å². The first-order valence-corrected chi connectivity index (χ1v) is 11.7. The SMILES string of the molecule is CCOc1c(F)c(-c2ccc(C(=O)O)cc2)nn1CCOc1ccc2cc(Br)ccc2c1Br. The van der Waals surface area contributed by atoms with Crippen molar-refractivity contribution in [3.63, 3.8) is 0 Å². The van der Waals surface area contributed by atoms with Crippen molar-refractivity contribution in [2.75, 3.05) is 13.2 Å². The molecule has 0 saturated heterocycles. The van der Waals surface area contributed by atoms with Crippen LogP contribution in [-0.4, -0.2) is 34.1 Å². The summed E-state index contributed by atoms with van der Waals surface area (Å²) >= 11 is 7.08. The molecule has 0 spiro atoms. The molecule has 0 aliphatic heterocycles. The van der Waals surface area contributed by atoms with Crippen LogP contribution in [0.15, 0.2) is 63.5 Å². The molecule has 170 valence electrons. The Balaban J connectivity index is 1.55. The van der Waals surface area contributed by atoms with E-state index in [1.807, 2.05) is 30.3 Å². The standard InChI is InChI=1S/C24H19Br2FN2O4/c1-2-32-23-21(27)22(14-3-5-15(6-4-14)24(30)31)28-29(23)11-12-33-19-10-7-16-13-17(25)8-9-18(16)20(19)26/h3-10,13H,2,11-12H2,1H3,(H,30,31). The quantitative estimate of drug-likeness (QED) is 0.257. The highest BCUT2D eigenvalue weighted by atomic mass is 79.9. The summed E-state index contributed by atoms with van der Waals surface area (Å²) in [6.45, 7) is 2.52. The van der Waals surface area contributed by atoms with Crippen LogP contribution in [0.2, 0.25) is 0 Å². The Labute approximate surface area is 206 Å². The fourth-order valence-corrected chi connectivity index (χ4v) is 4.39. The minimum absolute atomic E-state index is 0.0147. The first-order chi connectivity index (χ1) is 15.9. The molecule has 0 fully saturated rings. The average Bonchev–Trinajstić information content (AvgIpc) is 3.11. The van der Waals surface area contributed by atoms with Crippen LogP contribution in [0.3, 0.4) is 0 Å². The number of benzene rings is 3. The Kier molecular flexibility index (Phi) is 6.99. The van der Waals surface area contributed by atoms with Crippen molar-refractivity contribution < 1.29 is 23.8 Å². The molecule has 0 saturated carbocycles. The zero-order chi connectivity index (χ0) is 23.5. The number of aromatic nitrogens is 2. The molecule has 0 atom stereocenters. The molecule has 1 aromatic heterocycles. The van der Waals surface area contributed by atoms with E-state index in [0.29, 0.717) is 11.3 Å². The Morgan fingerprint density at radius 2 is 1.85 bits per heavy atom. The van der Waals surface area contributed by atoms with Gasteiger partial charge in [0.15, 0.2) is 0 Å². The van der Waals surface area contributed by atoms with Crippen molar-refractivity contribution in [3.8, 4) is 22.9 Å². The molecule has 33 heavy (non-hydrogen) atoms. The lowest BCUT2D eigenvalue weighted by atomic mass is 10.1. The summed E-state index contributed by atoms with van der Waals surface area (Å²) in [5.74, 6) is -0.967. The number of nitrogens with zero attached hydrogens (tertiary/aromatic N) is 2. The molecule has 0 bridgehead atoms. The maximum Gasteiger partial charge on any atom is 0.335 e.